The van der Waals surface area contributed by atoms with Gasteiger partial charge in [0.05, 0.1) is 0 Å². The minimum atomic E-state index is -3.21. The molecule has 1 rings (SSSR count). The summed E-state index contributed by atoms with van der Waals surface area (Å²) in [6, 6.07) is 6.77. The van der Waals surface area contributed by atoms with Crippen molar-refractivity contribution < 1.29 is 13.6 Å². The van der Waals surface area contributed by atoms with Gasteiger partial charge in [-0.1, -0.05) is 0 Å². The predicted octanol–water partition coefficient (Wildman–Crippen LogP) is 2.08. The Morgan fingerprint density at radius 1 is 1.21 bits per heavy atom. The Bertz CT molecular complexity index is 331. The first-order chi connectivity index (χ1) is 6.59. The summed E-state index contributed by atoms with van der Waals surface area (Å²) in [6.07, 6.45) is 0. The fourth-order valence-corrected chi connectivity index (χ4v) is 1.68. The fraction of sp³-hybridized carbons (Fsp3) is 0.250. The molecule has 0 aliphatic rings. The van der Waals surface area contributed by atoms with Crippen molar-refractivity contribution in [3.63, 3.8) is 0 Å². The molecule has 0 radical (unpaired) electrons. The molecular weight excluding hydrogens is 203 g/mol. The van der Waals surface area contributed by atoms with Gasteiger partial charge in [0.25, 0.3) is 0 Å². The third-order valence-corrected chi connectivity index (χ3v) is 3.15. The fourth-order valence-electron chi connectivity index (χ4n) is 0.882. The number of hydrogen-bond acceptors (Lipinski definition) is 4. The van der Waals surface area contributed by atoms with Crippen LogP contribution >= 0.6 is 7.75 Å². The molecule has 1 aromatic carbocycles. The van der Waals surface area contributed by atoms with E-state index >= 15 is 0 Å². The number of benzene rings is 1. The quantitative estimate of drug-likeness (QED) is 0.595. The van der Waals surface area contributed by atoms with E-state index < -0.39 is 7.75 Å². The van der Waals surface area contributed by atoms with Crippen LogP contribution in [0, 0.1) is 0 Å². The van der Waals surface area contributed by atoms with Crippen molar-refractivity contribution in [3.8, 4) is 0 Å². The van der Waals surface area contributed by atoms with Gasteiger partial charge < -0.3 is 5.73 Å². The third kappa shape index (κ3) is 2.73. The second kappa shape index (κ2) is 4.46. The molecule has 0 unspecified atom stereocenters. The molecule has 0 saturated heterocycles. The molecule has 0 saturated carbocycles. The third-order valence-electron chi connectivity index (χ3n) is 1.66. The SMILES string of the molecule is COP(=O)(Nc1ccc(N)cc1)OC. The van der Waals surface area contributed by atoms with Crippen LogP contribution in [0.1, 0.15) is 0 Å². The zero-order chi connectivity index (χ0) is 10.6. The highest BCUT2D eigenvalue weighted by atomic mass is 31.2. The molecule has 0 aliphatic heterocycles. The highest BCUT2D eigenvalue weighted by molar-refractivity contribution is 7.55. The van der Waals surface area contributed by atoms with Crippen LogP contribution in [0.5, 0.6) is 0 Å². The molecule has 0 aliphatic carbocycles. The van der Waals surface area contributed by atoms with E-state index in [2.05, 4.69) is 5.09 Å². The summed E-state index contributed by atoms with van der Waals surface area (Å²) in [5.41, 5.74) is 6.77. The van der Waals surface area contributed by atoms with Crippen molar-refractivity contribution in [1.82, 2.24) is 0 Å². The zero-order valence-corrected chi connectivity index (χ0v) is 8.95. The summed E-state index contributed by atoms with van der Waals surface area (Å²) in [5.74, 6) is 0. The standard InChI is InChI=1S/C8H13N2O3P/c1-12-14(11,13-2)10-8-5-3-7(9)4-6-8/h3-6H,9H2,1-2H3,(H,10,11). The van der Waals surface area contributed by atoms with E-state index in [9.17, 15) is 4.57 Å². The highest BCUT2D eigenvalue weighted by Gasteiger charge is 2.20. The minimum absolute atomic E-state index is 0.631. The van der Waals surface area contributed by atoms with E-state index in [1.165, 1.54) is 14.2 Å². The van der Waals surface area contributed by atoms with Gasteiger partial charge in [-0.05, 0) is 24.3 Å². The maximum Gasteiger partial charge on any atom is 0.432 e. The maximum absolute atomic E-state index is 11.6. The Morgan fingerprint density at radius 2 is 1.71 bits per heavy atom. The van der Waals surface area contributed by atoms with Crippen LogP contribution in [-0.4, -0.2) is 14.2 Å². The molecule has 6 heteroatoms. The lowest BCUT2D eigenvalue weighted by Crippen LogP contribution is -2.00. The maximum atomic E-state index is 11.6. The van der Waals surface area contributed by atoms with Crippen molar-refractivity contribution in [2.24, 2.45) is 0 Å². The number of anilines is 2. The Balaban J connectivity index is 2.78. The molecule has 0 fully saturated rings. The summed E-state index contributed by atoms with van der Waals surface area (Å²) in [7, 11) is -0.581. The first-order valence-electron chi connectivity index (χ1n) is 3.95. The van der Waals surface area contributed by atoms with Crippen LogP contribution in [-0.2, 0) is 13.6 Å². The van der Waals surface area contributed by atoms with Crippen LogP contribution in [0.2, 0.25) is 0 Å². The molecule has 0 bridgehead atoms. The zero-order valence-electron chi connectivity index (χ0n) is 8.06. The van der Waals surface area contributed by atoms with Gasteiger partial charge in [-0.3, -0.25) is 14.1 Å². The molecule has 3 N–H and O–H groups in total. The molecule has 0 spiro atoms. The molecule has 5 nitrogen and oxygen atoms in total. The molecule has 1 aromatic rings. The Hall–Kier alpha value is -1.03. The van der Waals surface area contributed by atoms with Crippen molar-refractivity contribution in [1.29, 1.82) is 0 Å². The number of nitrogens with two attached hydrogens (primary N) is 1. The topological polar surface area (TPSA) is 73.6 Å². The Morgan fingerprint density at radius 3 is 2.14 bits per heavy atom. The van der Waals surface area contributed by atoms with E-state index in [1.807, 2.05) is 0 Å². The minimum Gasteiger partial charge on any atom is -0.399 e. The van der Waals surface area contributed by atoms with Crippen LogP contribution in [0.4, 0.5) is 11.4 Å². The van der Waals surface area contributed by atoms with Crippen molar-refractivity contribution in [3.05, 3.63) is 24.3 Å². The number of rotatable bonds is 4. The second-order valence-corrected chi connectivity index (χ2v) is 4.55. The van der Waals surface area contributed by atoms with Crippen LogP contribution < -0.4 is 10.8 Å². The van der Waals surface area contributed by atoms with Crippen molar-refractivity contribution in [2.75, 3.05) is 25.0 Å². The first-order valence-corrected chi connectivity index (χ1v) is 5.49. The molecule has 0 heterocycles. The average molecular weight is 216 g/mol. The number of nitrogens with one attached hydrogen (secondary N) is 1. The summed E-state index contributed by atoms with van der Waals surface area (Å²) in [5, 5.41) is 2.64. The van der Waals surface area contributed by atoms with Crippen molar-refractivity contribution in [2.45, 2.75) is 0 Å². The smallest absolute Gasteiger partial charge is 0.399 e. The molecule has 0 aromatic heterocycles. The van der Waals surface area contributed by atoms with Gasteiger partial charge in [0.15, 0.2) is 0 Å². The number of nitrogen functional groups attached to an aromatic ring is 1. The average Bonchev–Trinajstić information content (AvgIpc) is 2.21. The van der Waals surface area contributed by atoms with E-state index in [-0.39, 0.29) is 0 Å². The molecular formula is C8H13N2O3P. The van der Waals surface area contributed by atoms with Crippen molar-refractivity contribution >= 4 is 19.1 Å². The lowest BCUT2D eigenvalue weighted by Gasteiger charge is -2.15. The van der Waals surface area contributed by atoms with Gasteiger partial charge in [0, 0.05) is 25.6 Å². The lowest BCUT2D eigenvalue weighted by molar-refractivity contribution is 0.281. The summed E-state index contributed by atoms with van der Waals surface area (Å²) in [6.45, 7) is 0. The van der Waals surface area contributed by atoms with E-state index in [4.69, 9.17) is 14.8 Å². The Kier molecular flexibility index (Phi) is 3.52. The molecule has 14 heavy (non-hydrogen) atoms. The van der Waals surface area contributed by atoms with Gasteiger partial charge in [-0.2, -0.15) is 0 Å². The Labute approximate surface area is 82.8 Å². The monoisotopic (exact) mass is 216 g/mol. The molecule has 78 valence electrons. The van der Waals surface area contributed by atoms with Crippen LogP contribution in [0.3, 0.4) is 0 Å². The van der Waals surface area contributed by atoms with E-state index in [1.54, 1.807) is 24.3 Å². The van der Waals surface area contributed by atoms with E-state index in [0.29, 0.717) is 11.4 Å². The van der Waals surface area contributed by atoms with Crippen LogP contribution in [0.15, 0.2) is 24.3 Å². The lowest BCUT2D eigenvalue weighted by atomic mass is 10.3. The highest BCUT2D eigenvalue weighted by Crippen LogP contribution is 2.45. The summed E-state index contributed by atoms with van der Waals surface area (Å²) < 4.78 is 21.0. The normalized spacial score (nSPS) is 11.3. The summed E-state index contributed by atoms with van der Waals surface area (Å²) in [4.78, 5) is 0. The van der Waals surface area contributed by atoms with E-state index in [0.717, 1.165) is 0 Å². The van der Waals surface area contributed by atoms with Crippen LogP contribution in [0.25, 0.3) is 0 Å². The predicted molar refractivity (Wildman–Crippen MR) is 56.1 cm³/mol. The van der Waals surface area contributed by atoms with Gasteiger partial charge in [0.1, 0.15) is 0 Å². The first kappa shape index (κ1) is 11.0. The largest absolute Gasteiger partial charge is 0.432 e. The summed E-state index contributed by atoms with van der Waals surface area (Å²) >= 11 is 0. The van der Waals surface area contributed by atoms with Gasteiger partial charge >= 0.3 is 7.75 Å². The molecule has 0 amide bonds. The van der Waals surface area contributed by atoms with Gasteiger partial charge in [-0.15, -0.1) is 0 Å². The number of hydrogen-bond donors (Lipinski definition) is 2. The molecule has 0 atom stereocenters. The van der Waals surface area contributed by atoms with Gasteiger partial charge in [-0.25, -0.2) is 4.57 Å². The second-order valence-electron chi connectivity index (χ2n) is 2.60. The van der Waals surface area contributed by atoms with Gasteiger partial charge in [0.2, 0.25) is 0 Å².